The van der Waals surface area contributed by atoms with Crippen LogP contribution >= 0.6 is 0 Å². The molecular formula is C14H28N2O. The van der Waals surface area contributed by atoms with Gasteiger partial charge >= 0.3 is 0 Å². The summed E-state index contributed by atoms with van der Waals surface area (Å²) in [7, 11) is 2.06. The van der Waals surface area contributed by atoms with Gasteiger partial charge in [-0.3, -0.25) is 0 Å². The molecule has 2 aliphatic heterocycles. The van der Waals surface area contributed by atoms with Gasteiger partial charge in [0.05, 0.1) is 0 Å². The summed E-state index contributed by atoms with van der Waals surface area (Å²) >= 11 is 0. The minimum Gasteiger partial charge on any atom is -0.381 e. The summed E-state index contributed by atoms with van der Waals surface area (Å²) in [5.74, 6) is 0. The van der Waals surface area contributed by atoms with Crippen LogP contribution in [0.1, 0.15) is 39.5 Å². The van der Waals surface area contributed by atoms with Crippen LogP contribution in [-0.4, -0.2) is 50.3 Å². The molecule has 3 nitrogen and oxygen atoms in total. The van der Waals surface area contributed by atoms with E-state index in [4.69, 9.17) is 4.74 Å². The molecule has 2 atom stereocenters. The minimum atomic E-state index is 0.593. The zero-order valence-electron chi connectivity index (χ0n) is 11.7. The molecule has 0 saturated carbocycles. The molecule has 2 fully saturated rings. The normalized spacial score (nSPS) is 28.4. The first kappa shape index (κ1) is 13.3. The van der Waals surface area contributed by atoms with Gasteiger partial charge in [-0.05, 0) is 58.5 Å². The first-order valence-electron chi connectivity index (χ1n) is 7.14. The number of likely N-dealkylation sites (tertiary alicyclic amines) is 1. The summed E-state index contributed by atoms with van der Waals surface area (Å²) in [4.78, 5) is 2.69. The van der Waals surface area contributed by atoms with E-state index in [0.717, 1.165) is 13.2 Å². The van der Waals surface area contributed by atoms with E-state index < -0.39 is 0 Å². The smallest absolute Gasteiger partial charge is 0.0471 e. The lowest BCUT2D eigenvalue weighted by molar-refractivity contribution is 0.0171. The molecule has 0 aromatic carbocycles. The molecule has 2 aliphatic rings. The predicted molar refractivity (Wildman–Crippen MR) is 71.3 cm³/mol. The van der Waals surface area contributed by atoms with Crippen molar-refractivity contribution < 1.29 is 4.74 Å². The molecule has 2 rings (SSSR count). The Bertz CT molecular complexity index is 238. The lowest BCUT2D eigenvalue weighted by atomic mass is 9.79. The van der Waals surface area contributed by atoms with E-state index in [1.165, 1.54) is 38.8 Å². The molecule has 2 saturated heterocycles. The largest absolute Gasteiger partial charge is 0.381 e. The summed E-state index contributed by atoms with van der Waals surface area (Å²) in [5, 5.41) is 3.34. The highest BCUT2D eigenvalue weighted by molar-refractivity contribution is 4.93. The van der Waals surface area contributed by atoms with Gasteiger partial charge in [-0.1, -0.05) is 0 Å². The highest BCUT2D eigenvalue weighted by atomic mass is 16.5. The van der Waals surface area contributed by atoms with Crippen LogP contribution in [0.5, 0.6) is 0 Å². The van der Waals surface area contributed by atoms with E-state index in [1.807, 2.05) is 0 Å². The molecular weight excluding hydrogens is 212 g/mol. The van der Waals surface area contributed by atoms with Gasteiger partial charge in [-0.15, -0.1) is 0 Å². The van der Waals surface area contributed by atoms with Crippen molar-refractivity contribution in [1.29, 1.82) is 0 Å². The second-order valence-electron chi connectivity index (χ2n) is 6.11. The summed E-state index contributed by atoms with van der Waals surface area (Å²) < 4.78 is 5.51. The molecule has 3 heteroatoms. The molecule has 2 heterocycles. The van der Waals surface area contributed by atoms with Crippen LogP contribution < -0.4 is 5.32 Å². The Hall–Kier alpha value is -0.120. The third-order valence-corrected chi connectivity index (χ3v) is 4.83. The molecule has 0 bridgehead atoms. The van der Waals surface area contributed by atoms with Crippen LogP contribution in [0.25, 0.3) is 0 Å². The van der Waals surface area contributed by atoms with Crippen LogP contribution in [0.4, 0.5) is 0 Å². The Morgan fingerprint density at radius 3 is 2.59 bits per heavy atom. The van der Waals surface area contributed by atoms with Gasteiger partial charge in [0.1, 0.15) is 0 Å². The highest BCUT2D eigenvalue weighted by Gasteiger charge is 2.40. The van der Waals surface area contributed by atoms with E-state index in [-0.39, 0.29) is 0 Å². The fourth-order valence-electron chi connectivity index (χ4n) is 3.34. The SMILES string of the molecule is CNC(C)CC(C)N1CCC2(CCOCC2)C1. The Morgan fingerprint density at radius 2 is 1.94 bits per heavy atom. The molecule has 1 N–H and O–H groups in total. The molecule has 0 amide bonds. The summed E-state index contributed by atoms with van der Waals surface area (Å²) in [6.07, 6.45) is 5.19. The molecule has 0 aromatic rings. The molecule has 0 radical (unpaired) electrons. The zero-order valence-corrected chi connectivity index (χ0v) is 11.7. The topological polar surface area (TPSA) is 24.5 Å². The average molecular weight is 240 g/mol. The molecule has 0 aliphatic carbocycles. The quantitative estimate of drug-likeness (QED) is 0.812. The zero-order chi connectivity index (χ0) is 12.3. The van der Waals surface area contributed by atoms with Gasteiger partial charge in [0.15, 0.2) is 0 Å². The Kier molecular flexibility index (Phi) is 4.45. The predicted octanol–water partition coefficient (Wildman–Crippen LogP) is 1.88. The molecule has 1 spiro atoms. The monoisotopic (exact) mass is 240 g/mol. The fourth-order valence-corrected chi connectivity index (χ4v) is 3.34. The van der Waals surface area contributed by atoms with E-state index in [2.05, 4.69) is 31.1 Å². The van der Waals surface area contributed by atoms with Crippen LogP contribution in [0.2, 0.25) is 0 Å². The van der Waals surface area contributed by atoms with Crippen LogP contribution in [0.15, 0.2) is 0 Å². The van der Waals surface area contributed by atoms with Crippen molar-refractivity contribution in [3.05, 3.63) is 0 Å². The summed E-state index contributed by atoms with van der Waals surface area (Å²) in [5.41, 5.74) is 0.593. The molecule has 100 valence electrons. The summed E-state index contributed by atoms with van der Waals surface area (Å²) in [6.45, 7) is 9.21. The number of rotatable bonds is 4. The van der Waals surface area contributed by atoms with Crippen LogP contribution in [-0.2, 0) is 4.74 Å². The molecule has 0 aromatic heterocycles. The number of nitrogens with zero attached hydrogens (tertiary/aromatic N) is 1. The average Bonchev–Trinajstić information content (AvgIpc) is 2.74. The van der Waals surface area contributed by atoms with E-state index in [0.29, 0.717) is 17.5 Å². The van der Waals surface area contributed by atoms with Crippen molar-refractivity contribution in [1.82, 2.24) is 10.2 Å². The van der Waals surface area contributed by atoms with E-state index in [9.17, 15) is 0 Å². The van der Waals surface area contributed by atoms with E-state index in [1.54, 1.807) is 0 Å². The number of hydrogen-bond donors (Lipinski definition) is 1. The van der Waals surface area contributed by atoms with Crippen molar-refractivity contribution in [2.75, 3.05) is 33.4 Å². The maximum absolute atomic E-state index is 5.51. The summed E-state index contributed by atoms with van der Waals surface area (Å²) in [6, 6.07) is 1.33. The Labute approximate surface area is 106 Å². The van der Waals surface area contributed by atoms with Crippen molar-refractivity contribution in [2.45, 2.75) is 51.6 Å². The molecule has 2 unspecified atom stereocenters. The van der Waals surface area contributed by atoms with Crippen LogP contribution in [0, 0.1) is 5.41 Å². The Balaban J connectivity index is 1.84. The van der Waals surface area contributed by atoms with Crippen molar-refractivity contribution in [3.8, 4) is 0 Å². The minimum absolute atomic E-state index is 0.593. The highest BCUT2D eigenvalue weighted by Crippen LogP contribution is 2.40. The van der Waals surface area contributed by atoms with Gasteiger partial charge in [0, 0.05) is 31.8 Å². The van der Waals surface area contributed by atoms with Gasteiger partial charge in [-0.2, -0.15) is 0 Å². The lowest BCUT2D eigenvalue weighted by Crippen LogP contribution is -2.39. The van der Waals surface area contributed by atoms with Crippen molar-refractivity contribution in [2.24, 2.45) is 5.41 Å². The third kappa shape index (κ3) is 3.21. The van der Waals surface area contributed by atoms with Gasteiger partial charge in [0.2, 0.25) is 0 Å². The van der Waals surface area contributed by atoms with E-state index >= 15 is 0 Å². The maximum Gasteiger partial charge on any atom is 0.0471 e. The number of ether oxygens (including phenoxy) is 1. The van der Waals surface area contributed by atoms with Gasteiger partial charge < -0.3 is 15.0 Å². The standard InChI is InChI=1S/C14H28N2O/c1-12(15-3)10-13(2)16-7-4-14(11-16)5-8-17-9-6-14/h12-13,15H,4-11H2,1-3H3. The van der Waals surface area contributed by atoms with Crippen molar-refractivity contribution in [3.63, 3.8) is 0 Å². The second kappa shape index (κ2) is 5.68. The second-order valence-corrected chi connectivity index (χ2v) is 6.11. The van der Waals surface area contributed by atoms with Gasteiger partial charge in [0.25, 0.3) is 0 Å². The third-order valence-electron chi connectivity index (χ3n) is 4.83. The first-order chi connectivity index (χ1) is 8.15. The number of nitrogens with one attached hydrogen (secondary N) is 1. The van der Waals surface area contributed by atoms with Crippen molar-refractivity contribution >= 4 is 0 Å². The number of hydrogen-bond acceptors (Lipinski definition) is 3. The molecule has 17 heavy (non-hydrogen) atoms. The van der Waals surface area contributed by atoms with Crippen LogP contribution in [0.3, 0.4) is 0 Å². The first-order valence-corrected chi connectivity index (χ1v) is 7.14. The van der Waals surface area contributed by atoms with Gasteiger partial charge in [-0.25, -0.2) is 0 Å². The maximum atomic E-state index is 5.51. The fraction of sp³-hybridized carbons (Fsp3) is 1.00. The Morgan fingerprint density at radius 1 is 1.24 bits per heavy atom. The lowest BCUT2D eigenvalue weighted by Gasteiger charge is -2.35.